The van der Waals surface area contributed by atoms with Crippen molar-refractivity contribution in [3.05, 3.63) is 38.9 Å². The lowest BCUT2D eigenvalue weighted by Gasteiger charge is -2.19. The van der Waals surface area contributed by atoms with Crippen LogP contribution in [-0.2, 0) is 20.7 Å². The van der Waals surface area contributed by atoms with Gasteiger partial charge in [0.15, 0.2) is 0 Å². The summed E-state index contributed by atoms with van der Waals surface area (Å²) in [5, 5.41) is 13.7. The number of halogens is 1. The van der Waals surface area contributed by atoms with Gasteiger partial charge >= 0.3 is 5.97 Å². The molecule has 1 amide bonds. The molecule has 0 radical (unpaired) electrons. The summed E-state index contributed by atoms with van der Waals surface area (Å²) in [6.45, 7) is 3.51. The van der Waals surface area contributed by atoms with Gasteiger partial charge in [0.05, 0.1) is 18.5 Å². The molecule has 0 saturated heterocycles. The Balaban J connectivity index is 2.89. The average molecular weight is 329 g/mol. The normalized spacial score (nSPS) is 11.9. The quantitative estimate of drug-likeness (QED) is 0.490. The first kappa shape index (κ1) is 17.9. The predicted octanol–water partition coefficient (Wildman–Crippen LogP) is 2.10. The van der Waals surface area contributed by atoms with Crippen LogP contribution in [0, 0.1) is 16.0 Å². The van der Waals surface area contributed by atoms with E-state index < -0.39 is 22.8 Å². The Morgan fingerprint density at radius 2 is 2.05 bits per heavy atom. The fourth-order valence-electron chi connectivity index (χ4n) is 1.88. The van der Waals surface area contributed by atoms with Crippen molar-refractivity contribution in [2.24, 2.45) is 5.92 Å². The molecule has 1 aromatic carbocycles. The maximum atomic E-state index is 12.0. The standard InChI is InChI=1S/C14H17ClN2O5/c1-8(2)13(14(19)22-3)16-12(18)6-9-4-5-10(15)7-11(9)17(20)21/h4-5,7-8,13H,6H2,1-3H3,(H,16,18)/t13-/m1/s1. The Morgan fingerprint density at radius 1 is 1.41 bits per heavy atom. The Labute approximate surface area is 132 Å². The lowest BCUT2D eigenvalue weighted by molar-refractivity contribution is -0.385. The molecule has 1 N–H and O–H groups in total. The molecule has 0 spiro atoms. The van der Waals surface area contributed by atoms with Crippen LogP contribution in [0.2, 0.25) is 5.02 Å². The summed E-state index contributed by atoms with van der Waals surface area (Å²) in [6.07, 6.45) is -0.228. The first-order valence-corrected chi connectivity index (χ1v) is 6.94. The van der Waals surface area contributed by atoms with Gasteiger partial charge in [0.25, 0.3) is 5.69 Å². The smallest absolute Gasteiger partial charge is 0.328 e. The number of ether oxygens (including phenoxy) is 1. The molecule has 0 saturated carbocycles. The third kappa shape index (κ3) is 4.70. The number of carbonyl (C=O) groups is 2. The molecule has 1 rings (SSSR count). The van der Waals surface area contributed by atoms with Gasteiger partial charge in [-0.25, -0.2) is 4.79 Å². The number of amides is 1. The second-order valence-electron chi connectivity index (χ2n) is 5.02. The number of hydrogen-bond acceptors (Lipinski definition) is 5. The number of hydrogen-bond donors (Lipinski definition) is 1. The van der Waals surface area contributed by atoms with Gasteiger partial charge in [-0.3, -0.25) is 14.9 Å². The molecule has 22 heavy (non-hydrogen) atoms. The first-order valence-electron chi connectivity index (χ1n) is 6.56. The highest BCUT2D eigenvalue weighted by molar-refractivity contribution is 6.30. The number of nitrogens with one attached hydrogen (secondary N) is 1. The third-order valence-electron chi connectivity index (χ3n) is 3.03. The van der Waals surface area contributed by atoms with Gasteiger partial charge in [0.1, 0.15) is 6.04 Å². The SMILES string of the molecule is COC(=O)[C@H](NC(=O)Cc1ccc(Cl)cc1[N+](=O)[O-])C(C)C. The number of nitro benzene ring substituents is 1. The summed E-state index contributed by atoms with van der Waals surface area (Å²) >= 11 is 5.72. The number of carbonyl (C=O) groups excluding carboxylic acids is 2. The van der Waals surface area contributed by atoms with Crippen LogP contribution in [-0.4, -0.2) is 30.0 Å². The fraction of sp³-hybridized carbons (Fsp3) is 0.429. The Morgan fingerprint density at radius 3 is 2.55 bits per heavy atom. The lowest BCUT2D eigenvalue weighted by Crippen LogP contribution is -2.45. The first-order chi connectivity index (χ1) is 10.3. The summed E-state index contributed by atoms with van der Waals surface area (Å²) in [5.74, 6) is -1.24. The van der Waals surface area contributed by atoms with Gasteiger partial charge in [0, 0.05) is 16.7 Å². The molecule has 8 heteroatoms. The highest BCUT2D eigenvalue weighted by Gasteiger charge is 2.26. The number of rotatable bonds is 6. The zero-order valence-electron chi connectivity index (χ0n) is 12.5. The van der Waals surface area contributed by atoms with Crippen LogP contribution >= 0.6 is 11.6 Å². The number of methoxy groups -OCH3 is 1. The van der Waals surface area contributed by atoms with E-state index in [1.807, 2.05) is 0 Å². The molecule has 120 valence electrons. The topological polar surface area (TPSA) is 98.5 Å². The van der Waals surface area contributed by atoms with Crippen LogP contribution in [0.3, 0.4) is 0 Å². The predicted molar refractivity (Wildman–Crippen MR) is 80.6 cm³/mol. The van der Waals surface area contributed by atoms with E-state index in [0.29, 0.717) is 0 Å². The summed E-state index contributed by atoms with van der Waals surface area (Å²) in [6, 6.07) is 3.27. The fourth-order valence-corrected chi connectivity index (χ4v) is 2.04. The second-order valence-corrected chi connectivity index (χ2v) is 5.46. The van der Waals surface area contributed by atoms with Crippen molar-refractivity contribution in [1.82, 2.24) is 5.32 Å². The average Bonchev–Trinajstić information content (AvgIpc) is 2.45. The monoisotopic (exact) mass is 328 g/mol. The molecule has 7 nitrogen and oxygen atoms in total. The van der Waals surface area contributed by atoms with Crippen molar-refractivity contribution in [3.8, 4) is 0 Å². The van der Waals surface area contributed by atoms with Crippen LogP contribution in [0.4, 0.5) is 5.69 Å². The van der Waals surface area contributed by atoms with Crippen LogP contribution in [0.25, 0.3) is 0 Å². The van der Waals surface area contributed by atoms with Crippen molar-refractivity contribution in [2.45, 2.75) is 26.3 Å². The summed E-state index contributed by atoms with van der Waals surface area (Å²) < 4.78 is 4.62. The second kappa shape index (κ2) is 7.74. The molecular weight excluding hydrogens is 312 g/mol. The Kier molecular flexibility index (Phi) is 6.30. The van der Waals surface area contributed by atoms with E-state index in [0.717, 1.165) is 0 Å². The molecule has 0 aliphatic rings. The minimum absolute atomic E-state index is 0.170. The molecule has 0 aromatic heterocycles. The van der Waals surface area contributed by atoms with E-state index in [9.17, 15) is 19.7 Å². The Bertz CT molecular complexity index is 589. The van der Waals surface area contributed by atoms with Gasteiger partial charge in [-0.15, -0.1) is 0 Å². The summed E-state index contributed by atoms with van der Waals surface area (Å²) in [5.41, 5.74) is -0.0129. The third-order valence-corrected chi connectivity index (χ3v) is 3.27. The molecule has 1 aromatic rings. The van der Waals surface area contributed by atoms with Gasteiger partial charge < -0.3 is 10.1 Å². The van der Waals surface area contributed by atoms with Gasteiger partial charge in [-0.05, 0) is 12.0 Å². The van der Waals surface area contributed by atoms with Crippen molar-refractivity contribution in [1.29, 1.82) is 0 Å². The van der Waals surface area contributed by atoms with Crippen LogP contribution < -0.4 is 5.32 Å². The molecule has 0 bridgehead atoms. The van der Waals surface area contributed by atoms with E-state index in [1.54, 1.807) is 13.8 Å². The van der Waals surface area contributed by atoms with E-state index in [1.165, 1.54) is 25.3 Å². The van der Waals surface area contributed by atoms with Gasteiger partial charge in [0.2, 0.25) is 5.91 Å². The lowest BCUT2D eigenvalue weighted by atomic mass is 10.0. The molecule has 0 fully saturated rings. The van der Waals surface area contributed by atoms with Crippen molar-refractivity contribution >= 4 is 29.2 Å². The van der Waals surface area contributed by atoms with E-state index in [4.69, 9.17) is 11.6 Å². The van der Waals surface area contributed by atoms with Crippen LogP contribution in [0.5, 0.6) is 0 Å². The van der Waals surface area contributed by atoms with E-state index in [-0.39, 0.29) is 28.6 Å². The van der Waals surface area contributed by atoms with Gasteiger partial charge in [-0.2, -0.15) is 0 Å². The van der Waals surface area contributed by atoms with Crippen molar-refractivity contribution in [2.75, 3.05) is 7.11 Å². The highest BCUT2D eigenvalue weighted by atomic mass is 35.5. The Hall–Kier alpha value is -2.15. The number of nitro groups is 1. The molecule has 0 heterocycles. The number of benzene rings is 1. The van der Waals surface area contributed by atoms with Gasteiger partial charge in [-0.1, -0.05) is 31.5 Å². The molecule has 1 atom stereocenters. The van der Waals surface area contributed by atoms with E-state index in [2.05, 4.69) is 10.1 Å². The maximum Gasteiger partial charge on any atom is 0.328 e. The minimum atomic E-state index is -0.802. The highest BCUT2D eigenvalue weighted by Crippen LogP contribution is 2.23. The zero-order chi connectivity index (χ0) is 16.9. The molecular formula is C14H17ClN2O5. The minimum Gasteiger partial charge on any atom is -0.467 e. The molecule has 0 aliphatic carbocycles. The summed E-state index contributed by atoms with van der Waals surface area (Å²) in [4.78, 5) is 34.0. The zero-order valence-corrected chi connectivity index (χ0v) is 13.2. The largest absolute Gasteiger partial charge is 0.467 e. The van der Waals surface area contributed by atoms with Crippen LogP contribution in [0.1, 0.15) is 19.4 Å². The van der Waals surface area contributed by atoms with Crippen molar-refractivity contribution < 1.29 is 19.2 Å². The summed E-state index contributed by atoms with van der Waals surface area (Å²) in [7, 11) is 1.23. The maximum absolute atomic E-state index is 12.0. The van der Waals surface area contributed by atoms with E-state index >= 15 is 0 Å². The number of esters is 1. The van der Waals surface area contributed by atoms with Crippen molar-refractivity contribution in [3.63, 3.8) is 0 Å². The molecule has 0 aliphatic heterocycles. The molecule has 0 unspecified atom stereocenters. The van der Waals surface area contributed by atoms with Crippen LogP contribution in [0.15, 0.2) is 18.2 Å². The number of nitrogens with zero attached hydrogens (tertiary/aromatic N) is 1.